The molecule has 1 amide bonds. The van der Waals surface area contributed by atoms with Crippen molar-refractivity contribution in [2.24, 2.45) is 0 Å². The molecule has 7 rings (SSSR count). The van der Waals surface area contributed by atoms with E-state index >= 15 is 0 Å². The van der Waals surface area contributed by atoms with Crippen LogP contribution in [0.3, 0.4) is 0 Å². The molecule has 3 fully saturated rings. The molecule has 6 heteroatoms. The topological polar surface area (TPSA) is 50.6 Å². The van der Waals surface area contributed by atoms with E-state index in [0.717, 1.165) is 68.8 Å². The first-order valence-corrected chi connectivity index (χ1v) is 15.3. The van der Waals surface area contributed by atoms with Crippen LogP contribution in [0.25, 0.3) is 11.0 Å². The predicted octanol–water partition coefficient (Wildman–Crippen LogP) is 6.48. The number of fused-ring (bicyclic) bond motifs is 3. The number of hydrogen-bond acceptors (Lipinski definition) is 4. The van der Waals surface area contributed by atoms with Gasteiger partial charge in [-0.2, -0.15) is 4.98 Å². The van der Waals surface area contributed by atoms with Gasteiger partial charge in [0.25, 0.3) is 11.9 Å². The van der Waals surface area contributed by atoms with Gasteiger partial charge in [-0.05, 0) is 86.7 Å². The van der Waals surface area contributed by atoms with Crippen LogP contribution in [-0.2, 0) is 5.41 Å². The lowest BCUT2D eigenvalue weighted by atomic mass is 9.70. The molecule has 3 aromatic carbocycles. The number of para-hydroxylation sites is 2. The lowest BCUT2D eigenvalue weighted by Gasteiger charge is -2.45. The Bertz CT molecular complexity index is 1480. The lowest BCUT2D eigenvalue weighted by Crippen LogP contribution is -2.49. The monoisotopic (exact) mass is 548 g/mol. The second kappa shape index (κ2) is 11.0. The zero-order chi connectivity index (χ0) is 27.8. The fourth-order valence-corrected chi connectivity index (χ4v) is 8.06. The maximum atomic E-state index is 13.2. The largest absolute Gasteiger partial charge is 0.468 e. The van der Waals surface area contributed by atoms with Gasteiger partial charge in [-0.3, -0.25) is 14.3 Å². The van der Waals surface area contributed by atoms with Crippen molar-refractivity contribution in [2.75, 3.05) is 26.7 Å². The number of carbonyl (C=O) groups is 1. The van der Waals surface area contributed by atoms with E-state index in [1.54, 1.807) is 7.11 Å². The van der Waals surface area contributed by atoms with Gasteiger partial charge in [-0.1, -0.05) is 60.7 Å². The zero-order valence-electron chi connectivity index (χ0n) is 24.0. The van der Waals surface area contributed by atoms with Crippen LogP contribution in [0.5, 0.6) is 6.01 Å². The summed E-state index contributed by atoms with van der Waals surface area (Å²) in [5.74, 6) is 0.162. The number of amides is 1. The molecule has 0 saturated carbocycles. The Morgan fingerprint density at radius 3 is 2.17 bits per heavy atom. The second-order valence-electron chi connectivity index (χ2n) is 12.3. The maximum absolute atomic E-state index is 13.2. The molecule has 3 aliphatic heterocycles. The highest BCUT2D eigenvalue weighted by molar-refractivity contribution is 5.94. The SMILES string of the molecule is COc1nc2ccccc2n1C1C[C@H]2CC[C@@H](C1)N2CCC1(c2ccccc2)CCN(C(=O)c2ccccc2)CC1. The maximum Gasteiger partial charge on any atom is 0.297 e. The van der Waals surface area contributed by atoms with Crippen LogP contribution < -0.4 is 4.74 Å². The number of likely N-dealkylation sites (tertiary alicyclic amines) is 1. The minimum atomic E-state index is 0.106. The number of rotatable bonds is 7. The van der Waals surface area contributed by atoms with Gasteiger partial charge in [0, 0.05) is 36.8 Å². The summed E-state index contributed by atoms with van der Waals surface area (Å²) in [6.07, 6.45) is 8.00. The standard InChI is InChI=1S/C35H40N4O2/c1-41-34-36-31-14-8-9-15-32(31)39(34)30-24-28-16-17-29(25-30)38(28)23-20-35(27-12-6-3-7-13-27)18-21-37(22-19-35)33(40)26-10-4-2-5-11-26/h2-15,28-30H,16-25H2,1H3/t28-,29+,30?. The Morgan fingerprint density at radius 2 is 1.49 bits per heavy atom. The Hall–Kier alpha value is -3.64. The van der Waals surface area contributed by atoms with Crippen molar-refractivity contribution >= 4 is 16.9 Å². The molecule has 0 radical (unpaired) electrons. The average Bonchev–Trinajstić information content (AvgIpc) is 3.53. The number of imidazole rings is 1. The lowest BCUT2D eigenvalue weighted by molar-refractivity contribution is 0.0605. The van der Waals surface area contributed by atoms with E-state index in [1.165, 1.54) is 23.9 Å². The van der Waals surface area contributed by atoms with E-state index in [1.807, 2.05) is 30.3 Å². The smallest absolute Gasteiger partial charge is 0.297 e. The molecule has 0 spiro atoms. The van der Waals surface area contributed by atoms with E-state index in [4.69, 9.17) is 9.72 Å². The number of benzene rings is 3. The van der Waals surface area contributed by atoms with Crippen molar-refractivity contribution in [3.8, 4) is 6.01 Å². The van der Waals surface area contributed by atoms with Crippen molar-refractivity contribution in [3.05, 3.63) is 96.1 Å². The van der Waals surface area contributed by atoms with Crippen molar-refractivity contribution in [1.82, 2.24) is 19.4 Å². The van der Waals surface area contributed by atoms with Crippen LogP contribution in [0.1, 0.15) is 66.9 Å². The Kier molecular flexibility index (Phi) is 7.03. The Morgan fingerprint density at radius 1 is 0.854 bits per heavy atom. The van der Waals surface area contributed by atoms with Crippen molar-refractivity contribution in [1.29, 1.82) is 0 Å². The van der Waals surface area contributed by atoms with Crippen LogP contribution in [0.4, 0.5) is 0 Å². The second-order valence-corrected chi connectivity index (χ2v) is 12.3. The molecule has 1 unspecified atom stereocenters. The summed E-state index contributed by atoms with van der Waals surface area (Å²) in [4.78, 5) is 22.9. The first-order valence-electron chi connectivity index (χ1n) is 15.3. The van der Waals surface area contributed by atoms with E-state index < -0.39 is 0 Å². The number of nitrogens with zero attached hydrogens (tertiary/aromatic N) is 4. The minimum absolute atomic E-state index is 0.106. The summed E-state index contributed by atoms with van der Waals surface area (Å²) >= 11 is 0. The summed E-state index contributed by atoms with van der Waals surface area (Å²) in [6, 6.07) is 31.6. The van der Waals surface area contributed by atoms with Crippen LogP contribution in [0.15, 0.2) is 84.9 Å². The molecular weight excluding hydrogens is 508 g/mol. The van der Waals surface area contributed by atoms with Crippen LogP contribution in [0.2, 0.25) is 0 Å². The number of hydrogen-bond donors (Lipinski definition) is 0. The molecule has 3 aliphatic rings. The third-order valence-electron chi connectivity index (χ3n) is 10.2. The van der Waals surface area contributed by atoms with Gasteiger partial charge in [0.05, 0.1) is 18.1 Å². The summed E-state index contributed by atoms with van der Waals surface area (Å²) in [5.41, 5.74) is 4.53. The molecule has 4 aromatic rings. The minimum Gasteiger partial charge on any atom is -0.468 e. The predicted molar refractivity (Wildman–Crippen MR) is 162 cm³/mol. The molecule has 3 atom stereocenters. The molecule has 3 saturated heterocycles. The van der Waals surface area contributed by atoms with Gasteiger partial charge >= 0.3 is 0 Å². The van der Waals surface area contributed by atoms with Gasteiger partial charge < -0.3 is 9.64 Å². The van der Waals surface area contributed by atoms with E-state index in [9.17, 15) is 4.79 Å². The van der Waals surface area contributed by atoms with E-state index in [2.05, 4.69) is 69.0 Å². The van der Waals surface area contributed by atoms with Gasteiger partial charge in [0.15, 0.2) is 0 Å². The van der Waals surface area contributed by atoms with Gasteiger partial charge in [-0.15, -0.1) is 0 Å². The highest BCUT2D eigenvalue weighted by atomic mass is 16.5. The highest BCUT2D eigenvalue weighted by Gasteiger charge is 2.44. The van der Waals surface area contributed by atoms with Gasteiger partial charge in [0.2, 0.25) is 0 Å². The molecule has 1 aromatic heterocycles. The van der Waals surface area contributed by atoms with E-state index in [-0.39, 0.29) is 11.3 Å². The van der Waals surface area contributed by atoms with Crippen LogP contribution in [-0.4, -0.2) is 64.1 Å². The number of carbonyl (C=O) groups excluding carboxylic acids is 1. The molecule has 4 heterocycles. The van der Waals surface area contributed by atoms with E-state index in [0.29, 0.717) is 18.1 Å². The first kappa shape index (κ1) is 26.3. The molecular formula is C35H40N4O2. The molecule has 6 nitrogen and oxygen atoms in total. The zero-order valence-corrected chi connectivity index (χ0v) is 24.0. The van der Waals surface area contributed by atoms with Crippen molar-refractivity contribution < 1.29 is 9.53 Å². The molecule has 41 heavy (non-hydrogen) atoms. The van der Waals surface area contributed by atoms with Gasteiger partial charge in [-0.25, -0.2) is 0 Å². The van der Waals surface area contributed by atoms with Crippen LogP contribution >= 0.6 is 0 Å². The Labute approximate surface area is 242 Å². The molecule has 0 aliphatic carbocycles. The summed E-state index contributed by atoms with van der Waals surface area (Å²) in [5, 5.41) is 0. The van der Waals surface area contributed by atoms with Crippen LogP contribution in [0, 0.1) is 0 Å². The van der Waals surface area contributed by atoms with Crippen molar-refractivity contribution in [3.63, 3.8) is 0 Å². The average molecular weight is 549 g/mol. The number of methoxy groups -OCH3 is 1. The third-order valence-corrected chi connectivity index (χ3v) is 10.2. The number of aromatic nitrogens is 2. The molecule has 2 bridgehead atoms. The molecule has 0 N–H and O–H groups in total. The normalized spacial score (nSPS) is 24.0. The highest BCUT2D eigenvalue weighted by Crippen LogP contribution is 2.45. The van der Waals surface area contributed by atoms with Crippen molar-refractivity contribution in [2.45, 2.75) is 68.5 Å². The number of ether oxygens (including phenoxy) is 1. The third kappa shape index (κ3) is 4.82. The van der Waals surface area contributed by atoms with Gasteiger partial charge in [0.1, 0.15) is 0 Å². The molecule has 212 valence electrons. The summed E-state index contributed by atoms with van der Waals surface area (Å²) in [7, 11) is 1.74. The quantitative estimate of drug-likeness (QED) is 0.265. The first-order chi connectivity index (χ1) is 20.1. The fraction of sp³-hybridized carbons (Fsp3) is 0.429. The number of piperidine rings is 2. The summed E-state index contributed by atoms with van der Waals surface area (Å²) in [6.45, 7) is 2.74. The fourth-order valence-electron chi connectivity index (χ4n) is 8.06. The Balaban J connectivity index is 1.07. The summed E-state index contributed by atoms with van der Waals surface area (Å²) < 4.78 is 8.12.